The highest BCUT2D eigenvalue weighted by atomic mass is 15.2. The molecule has 0 spiro atoms. The molecule has 0 unspecified atom stereocenters. The van der Waals surface area contributed by atoms with E-state index in [0.717, 1.165) is 11.1 Å². The summed E-state index contributed by atoms with van der Waals surface area (Å²) in [4.78, 5) is 3.91. The highest BCUT2D eigenvalue weighted by molar-refractivity contribution is 5.97. The van der Waals surface area contributed by atoms with Crippen LogP contribution in [0.5, 0.6) is 0 Å². The summed E-state index contributed by atoms with van der Waals surface area (Å²) in [5, 5.41) is 7.86. The molecule has 2 N–H and O–H groups in total. The molecule has 1 aromatic heterocycles. The minimum absolute atomic E-state index is 0.375. The number of pyridine rings is 1. The normalized spacial score (nSPS) is 11.9. The number of nitrogens with two attached hydrogens (primary N) is 1. The molecule has 0 amide bonds. The Kier molecular flexibility index (Phi) is 3.60. The number of benzene rings is 1. The van der Waals surface area contributed by atoms with Crippen molar-refractivity contribution >= 4 is 12.1 Å². The number of aromatic nitrogens is 1. The second-order valence-corrected chi connectivity index (χ2v) is 3.38. The van der Waals surface area contributed by atoms with Crippen molar-refractivity contribution < 1.29 is 0 Å². The fourth-order valence-corrected chi connectivity index (χ4v) is 1.28. The van der Waals surface area contributed by atoms with Gasteiger partial charge in [0.2, 0.25) is 0 Å². The van der Waals surface area contributed by atoms with Crippen LogP contribution in [-0.2, 0) is 0 Å². The van der Waals surface area contributed by atoms with E-state index in [1.807, 2.05) is 30.3 Å². The minimum atomic E-state index is 0.375. The number of nitrogens with zero attached hydrogens (tertiary/aromatic N) is 3. The van der Waals surface area contributed by atoms with Crippen LogP contribution in [0.4, 0.5) is 0 Å². The number of hydrogen-bond donors (Lipinski definition) is 1. The molecule has 1 heterocycles. The van der Waals surface area contributed by atoms with E-state index in [1.54, 1.807) is 30.7 Å². The smallest absolute Gasteiger partial charge is 0.153 e. The van der Waals surface area contributed by atoms with Crippen LogP contribution >= 0.6 is 0 Å². The molecular formula is C13H12N4. The SMILES string of the molecule is N/C(=N\N=C\c1ccccc1)c1ccncc1. The monoisotopic (exact) mass is 224 g/mol. The van der Waals surface area contributed by atoms with E-state index in [1.165, 1.54) is 0 Å². The van der Waals surface area contributed by atoms with Gasteiger partial charge < -0.3 is 5.73 Å². The van der Waals surface area contributed by atoms with Gasteiger partial charge in [0.05, 0.1) is 6.21 Å². The molecular weight excluding hydrogens is 212 g/mol. The van der Waals surface area contributed by atoms with Gasteiger partial charge in [-0.3, -0.25) is 4.98 Å². The first kappa shape index (κ1) is 11.0. The number of rotatable bonds is 3. The summed E-state index contributed by atoms with van der Waals surface area (Å²) in [6, 6.07) is 13.3. The lowest BCUT2D eigenvalue weighted by Crippen LogP contribution is -2.12. The van der Waals surface area contributed by atoms with E-state index >= 15 is 0 Å². The molecule has 0 aliphatic rings. The molecule has 0 atom stereocenters. The lowest BCUT2D eigenvalue weighted by atomic mass is 10.2. The molecule has 4 nitrogen and oxygen atoms in total. The molecule has 2 aromatic rings. The Labute approximate surface area is 99.5 Å². The van der Waals surface area contributed by atoms with Gasteiger partial charge in [-0.1, -0.05) is 30.3 Å². The third-order valence-electron chi connectivity index (χ3n) is 2.15. The summed E-state index contributed by atoms with van der Waals surface area (Å²) in [5.74, 6) is 0.375. The molecule has 2 rings (SSSR count). The lowest BCUT2D eigenvalue weighted by molar-refractivity contribution is 1.22. The molecule has 0 aliphatic heterocycles. The van der Waals surface area contributed by atoms with Crippen molar-refractivity contribution in [2.24, 2.45) is 15.9 Å². The fraction of sp³-hybridized carbons (Fsp3) is 0. The van der Waals surface area contributed by atoms with Gasteiger partial charge in [-0.15, -0.1) is 5.10 Å². The Morgan fingerprint density at radius 3 is 2.47 bits per heavy atom. The van der Waals surface area contributed by atoms with Gasteiger partial charge >= 0.3 is 0 Å². The highest BCUT2D eigenvalue weighted by Crippen LogP contribution is 1.97. The standard InChI is InChI=1S/C13H12N4/c14-13(12-6-8-15-9-7-12)17-16-10-11-4-2-1-3-5-11/h1-10H,(H2,14,17)/b16-10+. The molecule has 84 valence electrons. The van der Waals surface area contributed by atoms with E-state index in [9.17, 15) is 0 Å². The highest BCUT2D eigenvalue weighted by Gasteiger charge is 1.94. The van der Waals surface area contributed by atoms with Gasteiger partial charge in [0.25, 0.3) is 0 Å². The van der Waals surface area contributed by atoms with E-state index in [2.05, 4.69) is 15.2 Å². The summed E-state index contributed by atoms with van der Waals surface area (Å²) in [5.41, 5.74) is 7.56. The maximum Gasteiger partial charge on any atom is 0.153 e. The Hall–Kier alpha value is -2.49. The second kappa shape index (κ2) is 5.55. The van der Waals surface area contributed by atoms with Crippen molar-refractivity contribution in [2.45, 2.75) is 0 Å². The van der Waals surface area contributed by atoms with E-state index in [4.69, 9.17) is 5.73 Å². The van der Waals surface area contributed by atoms with Gasteiger partial charge in [0.1, 0.15) is 0 Å². The average molecular weight is 224 g/mol. The first-order chi connectivity index (χ1) is 8.36. The molecule has 0 radical (unpaired) electrons. The van der Waals surface area contributed by atoms with Crippen molar-refractivity contribution in [3.8, 4) is 0 Å². The molecule has 0 fully saturated rings. The molecule has 0 saturated carbocycles. The summed E-state index contributed by atoms with van der Waals surface area (Å²) in [7, 11) is 0. The van der Waals surface area contributed by atoms with Crippen molar-refractivity contribution in [3.05, 3.63) is 66.0 Å². The molecule has 17 heavy (non-hydrogen) atoms. The van der Waals surface area contributed by atoms with Crippen LogP contribution in [0.15, 0.2) is 65.1 Å². The topological polar surface area (TPSA) is 63.6 Å². The second-order valence-electron chi connectivity index (χ2n) is 3.38. The van der Waals surface area contributed by atoms with E-state index in [0.29, 0.717) is 5.84 Å². The predicted molar refractivity (Wildman–Crippen MR) is 69.0 cm³/mol. The maximum absolute atomic E-state index is 5.77. The fourth-order valence-electron chi connectivity index (χ4n) is 1.28. The number of hydrogen-bond acceptors (Lipinski definition) is 3. The zero-order valence-electron chi connectivity index (χ0n) is 9.19. The van der Waals surface area contributed by atoms with Gasteiger partial charge in [0, 0.05) is 18.0 Å². The minimum Gasteiger partial charge on any atom is -0.382 e. The first-order valence-electron chi connectivity index (χ1n) is 5.18. The zero-order chi connectivity index (χ0) is 11.9. The van der Waals surface area contributed by atoms with Crippen LogP contribution in [0.1, 0.15) is 11.1 Å². The third-order valence-corrected chi connectivity index (χ3v) is 2.15. The quantitative estimate of drug-likeness (QED) is 0.491. The number of amidine groups is 1. The van der Waals surface area contributed by atoms with Crippen LogP contribution in [0, 0.1) is 0 Å². The Balaban J connectivity index is 2.09. The van der Waals surface area contributed by atoms with Crippen LogP contribution in [0.3, 0.4) is 0 Å². The van der Waals surface area contributed by atoms with Crippen LogP contribution in [0.25, 0.3) is 0 Å². The Morgan fingerprint density at radius 1 is 1.06 bits per heavy atom. The molecule has 1 aromatic carbocycles. The summed E-state index contributed by atoms with van der Waals surface area (Å²) < 4.78 is 0. The van der Waals surface area contributed by atoms with Crippen LogP contribution < -0.4 is 5.73 Å². The van der Waals surface area contributed by atoms with Gasteiger partial charge in [-0.25, -0.2) is 0 Å². The first-order valence-corrected chi connectivity index (χ1v) is 5.18. The van der Waals surface area contributed by atoms with Gasteiger partial charge in [-0.2, -0.15) is 5.10 Å². The van der Waals surface area contributed by atoms with E-state index in [-0.39, 0.29) is 0 Å². The largest absolute Gasteiger partial charge is 0.382 e. The van der Waals surface area contributed by atoms with Crippen molar-refractivity contribution in [3.63, 3.8) is 0 Å². The molecule has 0 aliphatic carbocycles. The summed E-state index contributed by atoms with van der Waals surface area (Å²) in [6.07, 6.45) is 4.99. The molecule has 0 bridgehead atoms. The summed E-state index contributed by atoms with van der Waals surface area (Å²) in [6.45, 7) is 0. The van der Waals surface area contributed by atoms with Gasteiger partial charge in [0.15, 0.2) is 5.84 Å². The van der Waals surface area contributed by atoms with Crippen LogP contribution in [-0.4, -0.2) is 17.0 Å². The van der Waals surface area contributed by atoms with Crippen LogP contribution in [0.2, 0.25) is 0 Å². The van der Waals surface area contributed by atoms with Gasteiger partial charge in [-0.05, 0) is 17.7 Å². The Bertz CT molecular complexity index is 518. The Morgan fingerprint density at radius 2 is 1.76 bits per heavy atom. The molecule has 0 saturated heterocycles. The summed E-state index contributed by atoms with van der Waals surface area (Å²) >= 11 is 0. The average Bonchev–Trinajstić information content (AvgIpc) is 2.41. The van der Waals surface area contributed by atoms with E-state index < -0.39 is 0 Å². The predicted octanol–water partition coefficient (Wildman–Crippen LogP) is 1.82. The maximum atomic E-state index is 5.77. The zero-order valence-corrected chi connectivity index (χ0v) is 9.19. The van der Waals surface area contributed by atoms with Crippen molar-refractivity contribution in [1.82, 2.24) is 4.98 Å². The lowest BCUT2D eigenvalue weighted by Gasteiger charge is -1.96. The van der Waals surface area contributed by atoms with Crippen molar-refractivity contribution in [1.29, 1.82) is 0 Å². The third kappa shape index (κ3) is 3.24. The van der Waals surface area contributed by atoms with Crippen molar-refractivity contribution in [2.75, 3.05) is 0 Å². The molecule has 4 heteroatoms.